The first-order valence-electron chi connectivity index (χ1n) is 11.3. The zero-order valence-electron chi connectivity index (χ0n) is 18.0. The number of rotatable bonds is 6. The second-order valence-electron chi connectivity index (χ2n) is 8.68. The van der Waals surface area contributed by atoms with Crippen molar-refractivity contribution in [3.63, 3.8) is 0 Å². The van der Waals surface area contributed by atoms with Gasteiger partial charge in [0.1, 0.15) is 0 Å². The lowest BCUT2D eigenvalue weighted by Gasteiger charge is -2.26. The van der Waals surface area contributed by atoms with Crippen molar-refractivity contribution < 1.29 is 0 Å². The molecule has 0 spiro atoms. The monoisotopic (exact) mass is 400 g/mol. The normalized spacial score (nSPS) is 13.3. The van der Waals surface area contributed by atoms with E-state index in [9.17, 15) is 0 Å². The standard InChI is InChI=1S/C31H28/c1-23(21-27-17-9-15-24-13-5-7-19-29(24)27)31(26-11-3-2-4-12-26)22-28-18-10-16-25-14-6-8-20-30(25)28/h2-20,23,31H,21-22H2,1H3. The molecule has 0 bridgehead atoms. The molecule has 0 aromatic heterocycles. The van der Waals surface area contributed by atoms with Gasteiger partial charge in [-0.25, -0.2) is 0 Å². The predicted octanol–water partition coefficient (Wildman–Crippen LogP) is 8.20. The van der Waals surface area contributed by atoms with Gasteiger partial charge in [0, 0.05) is 0 Å². The van der Waals surface area contributed by atoms with Crippen LogP contribution in [0.5, 0.6) is 0 Å². The summed E-state index contributed by atoms with van der Waals surface area (Å²) in [5.74, 6) is 0.984. The zero-order chi connectivity index (χ0) is 21.0. The summed E-state index contributed by atoms with van der Waals surface area (Å²) < 4.78 is 0. The third-order valence-electron chi connectivity index (χ3n) is 6.66. The topological polar surface area (TPSA) is 0 Å². The van der Waals surface area contributed by atoms with Crippen molar-refractivity contribution in [3.8, 4) is 0 Å². The van der Waals surface area contributed by atoms with E-state index >= 15 is 0 Å². The SMILES string of the molecule is CC(Cc1cccc2ccccc12)C(Cc1cccc2ccccc12)c1ccccc1. The van der Waals surface area contributed by atoms with Crippen molar-refractivity contribution >= 4 is 21.5 Å². The van der Waals surface area contributed by atoms with Gasteiger partial charge >= 0.3 is 0 Å². The van der Waals surface area contributed by atoms with Crippen molar-refractivity contribution in [2.75, 3.05) is 0 Å². The van der Waals surface area contributed by atoms with E-state index in [4.69, 9.17) is 0 Å². The molecule has 0 aliphatic carbocycles. The lowest BCUT2D eigenvalue weighted by molar-refractivity contribution is 0.455. The van der Waals surface area contributed by atoms with Gasteiger partial charge in [-0.1, -0.05) is 122 Å². The molecule has 5 aromatic carbocycles. The van der Waals surface area contributed by atoms with E-state index in [1.807, 2.05) is 0 Å². The van der Waals surface area contributed by atoms with Crippen LogP contribution in [0.1, 0.15) is 29.5 Å². The summed E-state index contributed by atoms with van der Waals surface area (Å²) in [5.41, 5.74) is 4.32. The summed E-state index contributed by atoms with van der Waals surface area (Å²) in [5, 5.41) is 5.42. The molecular weight excluding hydrogens is 372 g/mol. The summed E-state index contributed by atoms with van der Waals surface area (Å²) in [6.45, 7) is 2.42. The van der Waals surface area contributed by atoms with Gasteiger partial charge in [0.2, 0.25) is 0 Å². The van der Waals surface area contributed by atoms with Gasteiger partial charge in [-0.3, -0.25) is 0 Å². The van der Waals surface area contributed by atoms with Crippen LogP contribution >= 0.6 is 0 Å². The van der Waals surface area contributed by atoms with Crippen LogP contribution in [0, 0.1) is 5.92 Å². The first kappa shape index (κ1) is 19.6. The molecule has 0 aliphatic rings. The van der Waals surface area contributed by atoms with E-state index in [1.165, 1.54) is 38.2 Å². The molecule has 5 aromatic rings. The molecular formula is C31H28. The van der Waals surface area contributed by atoms with Crippen LogP contribution < -0.4 is 0 Å². The highest BCUT2D eigenvalue weighted by Gasteiger charge is 2.21. The molecule has 0 saturated heterocycles. The van der Waals surface area contributed by atoms with Crippen LogP contribution in [-0.4, -0.2) is 0 Å². The Balaban J connectivity index is 1.52. The van der Waals surface area contributed by atoms with Crippen LogP contribution in [0.25, 0.3) is 21.5 Å². The van der Waals surface area contributed by atoms with Crippen LogP contribution in [0.4, 0.5) is 0 Å². The fourth-order valence-electron chi connectivity index (χ4n) is 5.01. The van der Waals surface area contributed by atoms with E-state index in [0.717, 1.165) is 12.8 Å². The maximum absolute atomic E-state index is 2.42. The third kappa shape index (κ3) is 4.11. The van der Waals surface area contributed by atoms with Gasteiger partial charge in [0.25, 0.3) is 0 Å². The van der Waals surface area contributed by atoms with E-state index in [1.54, 1.807) is 0 Å². The first-order valence-corrected chi connectivity index (χ1v) is 11.3. The second kappa shape index (κ2) is 8.78. The summed E-state index contributed by atoms with van der Waals surface area (Å²) >= 11 is 0. The average Bonchev–Trinajstić information content (AvgIpc) is 2.83. The molecule has 2 unspecified atom stereocenters. The van der Waals surface area contributed by atoms with Gasteiger partial charge in [-0.15, -0.1) is 0 Å². The fraction of sp³-hybridized carbons (Fsp3) is 0.161. The molecule has 0 fully saturated rings. The number of fused-ring (bicyclic) bond motifs is 2. The summed E-state index contributed by atoms with van der Waals surface area (Å²) in [6.07, 6.45) is 2.13. The molecule has 0 radical (unpaired) electrons. The molecule has 31 heavy (non-hydrogen) atoms. The Morgan fingerprint density at radius 3 is 1.58 bits per heavy atom. The Bertz CT molecular complexity index is 1290. The van der Waals surface area contributed by atoms with Gasteiger partial charge in [0.15, 0.2) is 0 Å². The Labute approximate surface area is 185 Å². The first-order chi connectivity index (χ1) is 15.3. The molecule has 0 saturated carbocycles. The highest BCUT2D eigenvalue weighted by molar-refractivity contribution is 5.86. The minimum Gasteiger partial charge on any atom is -0.0622 e. The Hall–Kier alpha value is -3.38. The molecule has 0 aliphatic heterocycles. The highest BCUT2D eigenvalue weighted by atomic mass is 14.3. The predicted molar refractivity (Wildman–Crippen MR) is 134 cm³/mol. The van der Waals surface area contributed by atoms with E-state index < -0.39 is 0 Å². The molecule has 152 valence electrons. The largest absolute Gasteiger partial charge is 0.0622 e. The van der Waals surface area contributed by atoms with Crippen molar-refractivity contribution in [2.45, 2.75) is 25.7 Å². The maximum atomic E-state index is 2.42. The van der Waals surface area contributed by atoms with Crippen LogP contribution in [-0.2, 0) is 12.8 Å². The Morgan fingerprint density at radius 2 is 0.968 bits per heavy atom. The van der Waals surface area contributed by atoms with Crippen LogP contribution in [0.3, 0.4) is 0 Å². The quantitative estimate of drug-likeness (QED) is 0.269. The molecule has 0 heterocycles. The molecule has 5 rings (SSSR count). The van der Waals surface area contributed by atoms with Crippen LogP contribution in [0.2, 0.25) is 0 Å². The smallest absolute Gasteiger partial charge is 0.00924 e. The number of hydrogen-bond acceptors (Lipinski definition) is 0. The van der Waals surface area contributed by atoms with Crippen molar-refractivity contribution in [3.05, 3.63) is 132 Å². The number of benzene rings is 5. The molecule has 2 atom stereocenters. The second-order valence-corrected chi connectivity index (χ2v) is 8.68. The lowest BCUT2D eigenvalue weighted by Crippen LogP contribution is -2.15. The third-order valence-corrected chi connectivity index (χ3v) is 6.66. The van der Waals surface area contributed by atoms with Gasteiger partial charge in [-0.2, -0.15) is 0 Å². The Kier molecular flexibility index (Phi) is 5.54. The zero-order valence-corrected chi connectivity index (χ0v) is 18.0. The van der Waals surface area contributed by atoms with Gasteiger partial charge < -0.3 is 0 Å². The molecule has 0 nitrogen and oxygen atoms in total. The van der Waals surface area contributed by atoms with Gasteiger partial charge in [0.05, 0.1) is 0 Å². The van der Waals surface area contributed by atoms with E-state index in [2.05, 4.69) is 122 Å². The van der Waals surface area contributed by atoms with Gasteiger partial charge in [-0.05, 0) is 62.9 Å². The average molecular weight is 401 g/mol. The van der Waals surface area contributed by atoms with E-state index in [-0.39, 0.29) is 0 Å². The summed E-state index contributed by atoms with van der Waals surface area (Å²) in [4.78, 5) is 0. The summed E-state index contributed by atoms with van der Waals surface area (Å²) in [7, 11) is 0. The van der Waals surface area contributed by atoms with E-state index in [0.29, 0.717) is 11.8 Å². The lowest BCUT2D eigenvalue weighted by atomic mass is 9.78. The Morgan fingerprint density at radius 1 is 0.484 bits per heavy atom. The minimum atomic E-state index is 0.464. The van der Waals surface area contributed by atoms with Crippen molar-refractivity contribution in [1.29, 1.82) is 0 Å². The maximum Gasteiger partial charge on any atom is -0.00924 e. The summed E-state index contributed by atoms with van der Waals surface area (Å²) in [6, 6.07) is 42.1. The van der Waals surface area contributed by atoms with Crippen molar-refractivity contribution in [1.82, 2.24) is 0 Å². The molecule has 0 N–H and O–H groups in total. The minimum absolute atomic E-state index is 0.464. The molecule has 0 amide bonds. The van der Waals surface area contributed by atoms with Crippen LogP contribution in [0.15, 0.2) is 115 Å². The number of hydrogen-bond donors (Lipinski definition) is 0. The highest BCUT2D eigenvalue weighted by Crippen LogP contribution is 2.34. The fourth-order valence-corrected chi connectivity index (χ4v) is 5.01. The van der Waals surface area contributed by atoms with Crippen molar-refractivity contribution in [2.24, 2.45) is 5.92 Å². The molecule has 0 heteroatoms.